The van der Waals surface area contributed by atoms with E-state index in [0.29, 0.717) is 17.8 Å². The van der Waals surface area contributed by atoms with Crippen LogP contribution in [0.5, 0.6) is 0 Å². The van der Waals surface area contributed by atoms with Crippen molar-refractivity contribution in [3.05, 3.63) is 95.8 Å². The van der Waals surface area contributed by atoms with Crippen LogP contribution in [-0.4, -0.2) is 33.9 Å². The van der Waals surface area contributed by atoms with Crippen LogP contribution in [0.15, 0.2) is 73.1 Å². The Morgan fingerprint density at radius 3 is 2.57 bits per heavy atom. The maximum atomic E-state index is 14.1. The van der Waals surface area contributed by atoms with Crippen LogP contribution in [0.3, 0.4) is 0 Å². The molecule has 2 atom stereocenters. The first-order valence-electron chi connectivity index (χ1n) is 10.3. The smallest absolute Gasteiger partial charge is 0.270 e. The largest absolute Gasteiger partial charge is 0.342 e. The van der Waals surface area contributed by atoms with Crippen LogP contribution in [-0.2, 0) is 6.54 Å². The van der Waals surface area contributed by atoms with Gasteiger partial charge in [0.05, 0.1) is 11.7 Å². The molecule has 1 amide bonds. The van der Waals surface area contributed by atoms with Gasteiger partial charge in [-0.25, -0.2) is 4.39 Å². The number of piperidine rings is 1. The van der Waals surface area contributed by atoms with Gasteiger partial charge in [-0.3, -0.25) is 19.7 Å². The zero-order valence-electron chi connectivity index (χ0n) is 16.7. The fourth-order valence-electron chi connectivity index (χ4n) is 4.08. The maximum Gasteiger partial charge on any atom is 0.270 e. The number of hydrogen-bond donors (Lipinski definition) is 1. The Morgan fingerprint density at radius 1 is 1.07 bits per heavy atom. The molecule has 3 aromatic rings. The fourth-order valence-corrected chi connectivity index (χ4v) is 4.08. The van der Waals surface area contributed by atoms with E-state index in [9.17, 15) is 9.18 Å². The van der Waals surface area contributed by atoms with Crippen molar-refractivity contribution in [3.8, 4) is 0 Å². The third kappa shape index (κ3) is 4.89. The van der Waals surface area contributed by atoms with Gasteiger partial charge in [-0.1, -0.05) is 30.3 Å². The number of halogens is 1. The second-order valence-electron chi connectivity index (χ2n) is 7.65. The van der Waals surface area contributed by atoms with Crippen molar-refractivity contribution in [1.82, 2.24) is 20.2 Å². The second kappa shape index (κ2) is 9.59. The molecule has 2 unspecified atom stereocenters. The van der Waals surface area contributed by atoms with E-state index in [1.54, 1.807) is 36.7 Å². The van der Waals surface area contributed by atoms with Crippen molar-refractivity contribution in [1.29, 1.82) is 0 Å². The molecule has 1 aliphatic heterocycles. The number of aromatic nitrogens is 2. The Balaban J connectivity index is 1.52. The van der Waals surface area contributed by atoms with Gasteiger partial charge in [0.15, 0.2) is 0 Å². The Kier molecular flexibility index (Phi) is 6.44. The number of nitrogens with one attached hydrogen (secondary N) is 1. The lowest BCUT2D eigenvalue weighted by molar-refractivity contribution is 0.0869. The topological polar surface area (TPSA) is 58.1 Å². The predicted octanol–water partition coefficient (Wildman–Crippen LogP) is 4.00. The molecular weight excluding hydrogens is 379 g/mol. The van der Waals surface area contributed by atoms with Gasteiger partial charge in [-0.2, -0.15) is 0 Å². The van der Waals surface area contributed by atoms with Crippen LogP contribution in [0, 0.1) is 11.7 Å². The maximum absolute atomic E-state index is 14.1. The van der Waals surface area contributed by atoms with Crippen LogP contribution in [0.25, 0.3) is 0 Å². The Hall–Kier alpha value is -3.12. The number of hydrogen-bond acceptors (Lipinski definition) is 4. The van der Waals surface area contributed by atoms with Crippen molar-refractivity contribution >= 4 is 5.91 Å². The van der Waals surface area contributed by atoms with E-state index in [4.69, 9.17) is 0 Å². The molecule has 1 fully saturated rings. The quantitative estimate of drug-likeness (QED) is 0.675. The summed E-state index contributed by atoms with van der Waals surface area (Å²) in [6.07, 6.45) is 5.32. The number of amides is 1. The summed E-state index contributed by atoms with van der Waals surface area (Å²) in [4.78, 5) is 23.8. The Morgan fingerprint density at radius 2 is 1.83 bits per heavy atom. The minimum atomic E-state index is -0.232. The highest BCUT2D eigenvalue weighted by molar-refractivity contribution is 5.92. The van der Waals surface area contributed by atoms with Gasteiger partial charge in [-0.15, -0.1) is 0 Å². The first kappa shape index (κ1) is 20.2. The van der Waals surface area contributed by atoms with Gasteiger partial charge in [0.1, 0.15) is 11.5 Å². The second-order valence-corrected chi connectivity index (χ2v) is 7.65. The molecule has 6 heteroatoms. The highest BCUT2D eigenvalue weighted by Gasteiger charge is 2.31. The monoisotopic (exact) mass is 404 g/mol. The van der Waals surface area contributed by atoms with Crippen molar-refractivity contribution < 1.29 is 9.18 Å². The highest BCUT2D eigenvalue weighted by atomic mass is 19.1. The number of carbonyl (C=O) groups excluding carboxylic acids is 1. The number of pyridine rings is 2. The number of benzene rings is 1. The summed E-state index contributed by atoms with van der Waals surface area (Å²) in [5, 5.41) is 3.15. The molecule has 1 N–H and O–H groups in total. The van der Waals surface area contributed by atoms with E-state index in [2.05, 4.69) is 20.2 Å². The average Bonchev–Trinajstić information content (AvgIpc) is 2.80. The Labute approximate surface area is 176 Å². The molecule has 1 saturated heterocycles. The third-order valence-electron chi connectivity index (χ3n) is 5.56. The van der Waals surface area contributed by atoms with Gasteiger partial charge < -0.3 is 5.32 Å². The molecule has 0 radical (unpaired) electrons. The molecular formula is C24H25FN4O. The number of likely N-dealkylation sites (tertiary alicyclic amines) is 1. The molecule has 2 aromatic heterocycles. The van der Waals surface area contributed by atoms with E-state index in [-0.39, 0.29) is 23.7 Å². The molecule has 1 aliphatic rings. The molecule has 0 spiro atoms. The van der Waals surface area contributed by atoms with Gasteiger partial charge >= 0.3 is 0 Å². The minimum absolute atomic E-state index is 0.174. The number of rotatable bonds is 6. The van der Waals surface area contributed by atoms with Crippen LogP contribution >= 0.6 is 0 Å². The van der Waals surface area contributed by atoms with Gasteiger partial charge in [0.2, 0.25) is 0 Å². The molecule has 0 aliphatic carbocycles. The summed E-state index contributed by atoms with van der Waals surface area (Å²) in [6, 6.07) is 17.7. The lowest BCUT2D eigenvalue weighted by Crippen LogP contribution is -2.43. The summed E-state index contributed by atoms with van der Waals surface area (Å²) in [7, 11) is 0. The Bertz CT molecular complexity index is 967. The summed E-state index contributed by atoms with van der Waals surface area (Å²) in [5.74, 6) is -0.213. The molecule has 4 rings (SSSR count). The highest BCUT2D eigenvalue weighted by Crippen LogP contribution is 2.30. The zero-order chi connectivity index (χ0) is 20.8. The molecule has 30 heavy (non-hydrogen) atoms. The van der Waals surface area contributed by atoms with E-state index >= 15 is 0 Å². The summed E-state index contributed by atoms with van der Waals surface area (Å²) in [5.41, 5.74) is 1.92. The van der Waals surface area contributed by atoms with E-state index in [1.807, 2.05) is 30.3 Å². The first-order chi connectivity index (χ1) is 14.7. The minimum Gasteiger partial charge on any atom is -0.342 e. The average molecular weight is 404 g/mol. The number of nitrogens with zero attached hydrogens (tertiary/aromatic N) is 3. The van der Waals surface area contributed by atoms with Gasteiger partial charge in [0, 0.05) is 31.0 Å². The molecule has 0 bridgehead atoms. The molecule has 154 valence electrons. The van der Waals surface area contributed by atoms with Crippen LogP contribution in [0.4, 0.5) is 4.39 Å². The fraction of sp³-hybridized carbons (Fsp3) is 0.292. The molecule has 3 heterocycles. The lowest BCUT2D eigenvalue weighted by atomic mass is 9.88. The lowest BCUT2D eigenvalue weighted by Gasteiger charge is -2.37. The standard InChI is InChI=1S/C24H25FN4O/c25-20-10-2-1-8-18(20)16-29-15-7-9-19(17-29)23(21-11-3-5-13-26-21)28-24(30)22-12-4-6-14-27-22/h1-6,8,10-14,19,23H,7,9,15-17H2,(H,28,30). The van der Waals surface area contributed by atoms with Gasteiger partial charge in [0.25, 0.3) is 5.91 Å². The van der Waals surface area contributed by atoms with Crippen molar-refractivity contribution in [2.75, 3.05) is 13.1 Å². The first-order valence-corrected chi connectivity index (χ1v) is 10.3. The summed E-state index contributed by atoms with van der Waals surface area (Å²) < 4.78 is 14.1. The zero-order valence-corrected chi connectivity index (χ0v) is 16.7. The van der Waals surface area contributed by atoms with Crippen LogP contribution in [0.1, 0.15) is 40.6 Å². The van der Waals surface area contributed by atoms with Crippen molar-refractivity contribution in [2.45, 2.75) is 25.4 Å². The van der Waals surface area contributed by atoms with E-state index in [1.165, 1.54) is 6.07 Å². The van der Waals surface area contributed by atoms with Crippen LogP contribution < -0.4 is 5.32 Å². The van der Waals surface area contributed by atoms with E-state index in [0.717, 1.165) is 31.6 Å². The predicted molar refractivity (Wildman–Crippen MR) is 113 cm³/mol. The number of carbonyl (C=O) groups is 1. The van der Waals surface area contributed by atoms with Crippen molar-refractivity contribution in [3.63, 3.8) is 0 Å². The van der Waals surface area contributed by atoms with Crippen LogP contribution in [0.2, 0.25) is 0 Å². The van der Waals surface area contributed by atoms with E-state index < -0.39 is 0 Å². The molecule has 1 aromatic carbocycles. The SMILES string of the molecule is O=C(NC(c1ccccn1)C1CCCN(Cc2ccccc2F)C1)c1ccccn1. The molecule has 0 saturated carbocycles. The van der Waals surface area contributed by atoms with Crippen molar-refractivity contribution in [2.24, 2.45) is 5.92 Å². The van der Waals surface area contributed by atoms with Gasteiger partial charge in [-0.05, 0) is 55.6 Å². The third-order valence-corrected chi connectivity index (χ3v) is 5.56. The summed E-state index contributed by atoms with van der Waals surface area (Å²) >= 11 is 0. The summed E-state index contributed by atoms with van der Waals surface area (Å²) in [6.45, 7) is 2.23. The normalized spacial score (nSPS) is 18.0. The molecule has 5 nitrogen and oxygen atoms in total.